The van der Waals surface area contributed by atoms with E-state index in [0.717, 1.165) is 5.56 Å². The van der Waals surface area contributed by atoms with E-state index < -0.39 is 0 Å². The minimum Gasteiger partial charge on any atom is -0.339 e. The van der Waals surface area contributed by atoms with E-state index in [-0.39, 0.29) is 11.8 Å². The Morgan fingerprint density at radius 2 is 2.16 bits per heavy atom. The summed E-state index contributed by atoms with van der Waals surface area (Å²) in [7, 11) is 0. The van der Waals surface area contributed by atoms with E-state index in [0.29, 0.717) is 31.6 Å². The zero-order valence-corrected chi connectivity index (χ0v) is 11.6. The minimum atomic E-state index is 0.0909. The molecule has 1 amide bonds. The number of nitrogens with zero attached hydrogens (tertiary/aromatic N) is 2. The first-order valence-corrected chi connectivity index (χ1v) is 6.58. The van der Waals surface area contributed by atoms with E-state index in [1.54, 1.807) is 11.0 Å². The van der Waals surface area contributed by atoms with Gasteiger partial charge in [0, 0.05) is 19.5 Å². The van der Waals surface area contributed by atoms with Crippen LogP contribution < -0.4 is 5.73 Å². The van der Waals surface area contributed by atoms with Crippen molar-refractivity contribution in [2.24, 2.45) is 11.7 Å². The highest BCUT2D eigenvalue weighted by atomic mass is 16.2. The molecule has 1 atom stereocenters. The fourth-order valence-electron chi connectivity index (χ4n) is 1.86. The molecule has 1 aromatic rings. The van der Waals surface area contributed by atoms with Gasteiger partial charge in [0.15, 0.2) is 0 Å². The maximum atomic E-state index is 12.1. The molecule has 2 N–H and O–H groups in total. The lowest BCUT2D eigenvalue weighted by Gasteiger charge is -2.23. The quantitative estimate of drug-likeness (QED) is 0.848. The van der Waals surface area contributed by atoms with Crippen LogP contribution >= 0.6 is 0 Å². The summed E-state index contributed by atoms with van der Waals surface area (Å²) in [5, 5.41) is 9.06. The molecule has 0 saturated carbocycles. The molecule has 0 aromatic heterocycles. The van der Waals surface area contributed by atoms with Crippen molar-refractivity contribution >= 4 is 5.91 Å². The topological polar surface area (TPSA) is 70.1 Å². The molecule has 0 aliphatic rings. The molecular weight excluding hydrogens is 238 g/mol. The van der Waals surface area contributed by atoms with Crippen molar-refractivity contribution < 1.29 is 4.79 Å². The Morgan fingerprint density at radius 1 is 1.47 bits per heavy atom. The number of carbonyl (C=O) groups excluding carboxylic acids is 1. The predicted octanol–water partition coefficient (Wildman–Crippen LogP) is 1.89. The highest BCUT2D eigenvalue weighted by Gasteiger charge is 2.16. The highest BCUT2D eigenvalue weighted by molar-refractivity contribution is 5.76. The zero-order valence-electron chi connectivity index (χ0n) is 11.6. The molecule has 0 fully saturated rings. The minimum absolute atomic E-state index is 0.0909. The fourth-order valence-corrected chi connectivity index (χ4v) is 1.86. The largest absolute Gasteiger partial charge is 0.339 e. The van der Waals surface area contributed by atoms with Crippen LogP contribution in [0.5, 0.6) is 0 Å². The lowest BCUT2D eigenvalue weighted by atomic mass is 10.1. The molecule has 1 aromatic carbocycles. The Kier molecular flexibility index (Phi) is 6.04. The van der Waals surface area contributed by atoms with E-state index in [2.05, 4.69) is 6.07 Å². The molecule has 0 spiro atoms. The maximum Gasteiger partial charge on any atom is 0.223 e. The van der Waals surface area contributed by atoms with Gasteiger partial charge in [-0.1, -0.05) is 25.1 Å². The van der Waals surface area contributed by atoms with Crippen molar-refractivity contribution in [3.63, 3.8) is 0 Å². The number of rotatable bonds is 6. The first-order chi connectivity index (χ1) is 9.12. The third-order valence-corrected chi connectivity index (χ3v) is 3.16. The second-order valence-electron chi connectivity index (χ2n) is 4.72. The molecular formula is C15H21N3O. The van der Waals surface area contributed by atoms with Gasteiger partial charge in [-0.05, 0) is 31.0 Å². The number of benzene rings is 1. The van der Waals surface area contributed by atoms with Gasteiger partial charge in [-0.3, -0.25) is 4.79 Å². The number of nitrogens with two attached hydrogens (primary N) is 1. The van der Waals surface area contributed by atoms with Crippen molar-refractivity contribution in [1.82, 2.24) is 4.90 Å². The van der Waals surface area contributed by atoms with Crippen LogP contribution in [0.25, 0.3) is 0 Å². The molecule has 0 radical (unpaired) electrons. The second kappa shape index (κ2) is 7.55. The summed E-state index contributed by atoms with van der Waals surface area (Å²) < 4.78 is 0. The van der Waals surface area contributed by atoms with E-state index in [4.69, 9.17) is 11.0 Å². The summed E-state index contributed by atoms with van der Waals surface area (Å²) in [5.41, 5.74) is 7.06. The molecule has 19 heavy (non-hydrogen) atoms. The van der Waals surface area contributed by atoms with Crippen LogP contribution in [-0.4, -0.2) is 23.9 Å². The van der Waals surface area contributed by atoms with Gasteiger partial charge >= 0.3 is 0 Å². The van der Waals surface area contributed by atoms with Gasteiger partial charge < -0.3 is 10.6 Å². The van der Waals surface area contributed by atoms with Crippen LogP contribution in [-0.2, 0) is 11.3 Å². The summed E-state index contributed by atoms with van der Waals surface area (Å²) in [6, 6.07) is 9.54. The summed E-state index contributed by atoms with van der Waals surface area (Å²) in [6.07, 6.45) is 0.457. The smallest absolute Gasteiger partial charge is 0.223 e. The van der Waals surface area contributed by atoms with Gasteiger partial charge in [0.25, 0.3) is 0 Å². The van der Waals surface area contributed by atoms with Gasteiger partial charge in [0.2, 0.25) is 5.91 Å². The van der Waals surface area contributed by atoms with Crippen molar-refractivity contribution in [3.8, 4) is 6.07 Å². The Hall–Kier alpha value is -1.86. The number of hydrogen-bond donors (Lipinski definition) is 1. The molecule has 0 bridgehead atoms. The number of amides is 1. The first kappa shape index (κ1) is 15.2. The molecule has 102 valence electrons. The Balaban J connectivity index is 2.77. The Morgan fingerprint density at radius 3 is 2.74 bits per heavy atom. The molecule has 1 rings (SSSR count). The lowest BCUT2D eigenvalue weighted by molar-refractivity contribution is -0.132. The van der Waals surface area contributed by atoms with Crippen LogP contribution in [0.15, 0.2) is 24.3 Å². The average molecular weight is 259 g/mol. The fraction of sp³-hybridized carbons (Fsp3) is 0.467. The van der Waals surface area contributed by atoms with Crippen LogP contribution in [0.4, 0.5) is 0 Å². The maximum absolute atomic E-state index is 12.1. The summed E-state index contributed by atoms with van der Waals surface area (Å²) in [4.78, 5) is 13.9. The van der Waals surface area contributed by atoms with E-state index in [1.807, 2.05) is 32.0 Å². The molecule has 0 heterocycles. The van der Waals surface area contributed by atoms with Crippen LogP contribution in [0.1, 0.15) is 31.4 Å². The summed E-state index contributed by atoms with van der Waals surface area (Å²) in [6.45, 7) is 5.54. The van der Waals surface area contributed by atoms with E-state index >= 15 is 0 Å². The van der Waals surface area contributed by atoms with Crippen molar-refractivity contribution in [2.75, 3.05) is 13.1 Å². The molecule has 4 heteroatoms. The van der Waals surface area contributed by atoms with Gasteiger partial charge in [-0.25, -0.2) is 0 Å². The lowest BCUT2D eigenvalue weighted by Crippen LogP contribution is -2.32. The molecule has 4 nitrogen and oxygen atoms in total. The van der Waals surface area contributed by atoms with Crippen LogP contribution in [0.3, 0.4) is 0 Å². The summed E-state index contributed by atoms with van der Waals surface area (Å²) in [5.74, 6) is 0.279. The third-order valence-electron chi connectivity index (χ3n) is 3.16. The van der Waals surface area contributed by atoms with Crippen LogP contribution in [0, 0.1) is 17.2 Å². The number of nitriles is 1. The van der Waals surface area contributed by atoms with Crippen molar-refractivity contribution in [1.29, 1.82) is 5.26 Å². The monoisotopic (exact) mass is 259 g/mol. The summed E-state index contributed by atoms with van der Waals surface area (Å²) >= 11 is 0. The van der Waals surface area contributed by atoms with Gasteiger partial charge in [-0.15, -0.1) is 0 Å². The molecule has 1 unspecified atom stereocenters. The standard InChI is InChI=1S/C15H21N3O/c1-3-18(15(19)8-12(2)9-16)11-14-7-5-4-6-13(14)10-17/h4-7,12H,3,8-9,11,16H2,1-2H3. The average Bonchev–Trinajstić information content (AvgIpc) is 2.44. The van der Waals surface area contributed by atoms with Crippen molar-refractivity contribution in [2.45, 2.75) is 26.8 Å². The molecule has 0 aliphatic carbocycles. The van der Waals surface area contributed by atoms with Gasteiger partial charge in [-0.2, -0.15) is 5.26 Å². The molecule has 0 aliphatic heterocycles. The van der Waals surface area contributed by atoms with Gasteiger partial charge in [0.1, 0.15) is 0 Å². The number of carbonyl (C=O) groups is 1. The van der Waals surface area contributed by atoms with Gasteiger partial charge in [0.05, 0.1) is 11.6 Å². The SMILES string of the molecule is CCN(Cc1ccccc1C#N)C(=O)CC(C)CN. The Labute approximate surface area is 114 Å². The Bertz CT molecular complexity index is 465. The van der Waals surface area contributed by atoms with Crippen molar-refractivity contribution in [3.05, 3.63) is 35.4 Å². The normalized spacial score (nSPS) is 11.7. The zero-order chi connectivity index (χ0) is 14.3. The third kappa shape index (κ3) is 4.38. The number of hydrogen-bond acceptors (Lipinski definition) is 3. The molecule has 0 saturated heterocycles. The highest BCUT2D eigenvalue weighted by Crippen LogP contribution is 2.13. The second-order valence-corrected chi connectivity index (χ2v) is 4.72. The van der Waals surface area contributed by atoms with E-state index in [1.165, 1.54) is 0 Å². The predicted molar refractivity (Wildman–Crippen MR) is 75.1 cm³/mol. The first-order valence-electron chi connectivity index (χ1n) is 6.58. The van der Waals surface area contributed by atoms with Crippen LogP contribution in [0.2, 0.25) is 0 Å². The van der Waals surface area contributed by atoms with E-state index in [9.17, 15) is 4.79 Å².